The molecule has 0 radical (unpaired) electrons. The summed E-state index contributed by atoms with van der Waals surface area (Å²) in [4.78, 5) is 24.0. The number of amides is 1. The van der Waals surface area contributed by atoms with Crippen LogP contribution in [0, 0.1) is 6.92 Å². The lowest BCUT2D eigenvalue weighted by molar-refractivity contribution is -0.129. The zero-order valence-electron chi connectivity index (χ0n) is 12.3. The third-order valence-electron chi connectivity index (χ3n) is 3.66. The summed E-state index contributed by atoms with van der Waals surface area (Å²) in [6.07, 6.45) is 1.11. The Balaban J connectivity index is 1.76. The molecule has 1 N–H and O–H groups in total. The zero-order valence-corrected chi connectivity index (χ0v) is 13.1. The molecule has 0 unspecified atom stereocenters. The van der Waals surface area contributed by atoms with E-state index in [0.29, 0.717) is 16.2 Å². The second kappa shape index (κ2) is 5.65. The number of furan rings is 1. The quantitative estimate of drug-likeness (QED) is 0.878. The van der Waals surface area contributed by atoms with Crippen LogP contribution in [0.4, 0.5) is 0 Å². The average Bonchev–Trinajstić information content (AvgIpc) is 3.23. The highest BCUT2D eigenvalue weighted by atomic mass is 35.5. The third-order valence-corrected chi connectivity index (χ3v) is 3.90. The molecule has 1 saturated carbocycles. The molecule has 22 heavy (non-hydrogen) atoms. The fourth-order valence-electron chi connectivity index (χ4n) is 2.20. The first kappa shape index (κ1) is 14.9. The second-order valence-electron chi connectivity index (χ2n) is 5.53. The summed E-state index contributed by atoms with van der Waals surface area (Å²) in [5.74, 6) is -0.834. The molecule has 5 nitrogen and oxygen atoms in total. The molecule has 0 bridgehead atoms. The van der Waals surface area contributed by atoms with E-state index in [0.717, 1.165) is 18.2 Å². The van der Waals surface area contributed by atoms with Crippen molar-refractivity contribution in [2.75, 3.05) is 0 Å². The average molecular weight is 322 g/mol. The van der Waals surface area contributed by atoms with Gasteiger partial charge >= 0.3 is 5.97 Å². The maximum atomic E-state index is 12.2. The van der Waals surface area contributed by atoms with Crippen LogP contribution in [0.2, 0.25) is 5.02 Å². The molecule has 1 aliphatic carbocycles. The van der Waals surface area contributed by atoms with Crippen LogP contribution in [0.25, 0.3) is 11.0 Å². The summed E-state index contributed by atoms with van der Waals surface area (Å²) >= 11 is 5.95. The Bertz CT molecular complexity index is 748. The lowest BCUT2D eigenvalue weighted by atomic mass is 10.1. The Morgan fingerprint density at radius 1 is 1.41 bits per heavy atom. The Hall–Kier alpha value is -2.01. The predicted molar refractivity (Wildman–Crippen MR) is 82.0 cm³/mol. The van der Waals surface area contributed by atoms with Gasteiger partial charge in [-0.1, -0.05) is 11.6 Å². The van der Waals surface area contributed by atoms with Gasteiger partial charge in [-0.25, -0.2) is 4.79 Å². The number of hydrogen-bond acceptors (Lipinski definition) is 4. The van der Waals surface area contributed by atoms with Crippen molar-refractivity contribution in [2.24, 2.45) is 0 Å². The fraction of sp³-hybridized carbons (Fsp3) is 0.375. The standard InChI is InChI=1S/C16H16ClNO4/c1-8-12-7-10(17)3-6-13(12)22-14(8)16(20)21-9(2)15(19)18-11-4-5-11/h3,6-7,9,11H,4-5H2,1-2H3,(H,18,19)/t9-/m0/s1. The van der Waals surface area contributed by atoms with Crippen LogP contribution in [-0.4, -0.2) is 24.0 Å². The summed E-state index contributed by atoms with van der Waals surface area (Å²) < 4.78 is 10.7. The van der Waals surface area contributed by atoms with Crippen LogP contribution in [0.5, 0.6) is 0 Å². The van der Waals surface area contributed by atoms with E-state index in [1.54, 1.807) is 32.0 Å². The van der Waals surface area contributed by atoms with Crippen LogP contribution < -0.4 is 5.32 Å². The van der Waals surface area contributed by atoms with Gasteiger partial charge in [-0.2, -0.15) is 0 Å². The Labute approximate surface area is 132 Å². The van der Waals surface area contributed by atoms with E-state index in [1.807, 2.05) is 0 Å². The molecule has 0 saturated heterocycles. The molecule has 1 aromatic carbocycles. The van der Waals surface area contributed by atoms with E-state index in [4.69, 9.17) is 20.8 Å². The van der Waals surface area contributed by atoms with E-state index in [-0.39, 0.29) is 17.7 Å². The monoisotopic (exact) mass is 321 g/mol. The summed E-state index contributed by atoms with van der Waals surface area (Å²) in [7, 11) is 0. The molecular weight excluding hydrogens is 306 g/mol. The smallest absolute Gasteiger partial charge is 0.375 e. The van der Waals surface area contributed by atoms with Crippen molar-refractivity contribution >= 4 is 34.4 Å². The van der Waals surface area contributed by atoms with Crippen LogP contribution in [0.15, 0.2) is 22.6 Å². The number of aryl methyl sites for hydroxylation is 1. The first-order valence-corrected chi connectivity index (χ1v) is 7.53. The SMILES string of the molecule is Cc1c(C(=O)O[C@@H](C)C(=O)NC2CC2)oc2ccc(Cl)cc12. The lowest BCUT2D eigenvalue weighted by Crippen LogP contribution is -2.37. The highest BCUT2D eigenvalue weighted by Gasteiger charge is 2.28. The second-order valence-corrected chi connectivity index (χ2v) is 5.96. The van der Waals surface area contributed by atoms with E-state index < -0.39 is 12.1 Å². The number of esters is 1. The molecule has 1 atom stereocenters. The van der Waals surface area contributed by atoms with E-state index >= 15 is 0 Å². The summed E-state index contributed by atoms with van der Waals surface area (Å²) in [5, 5.41) is 4.12. The first-order valence-electron chi connectivity index (χ1n) is 7.15. The molecule has 1 aromatic heterocycles. The van der Waals surface area contributed by atoms with Crippen molar-refractivity contribution in [1.82, 2.24) is 5.32 Å². The largest absolute Gasteiger partial charge is 0.449 e. The number of ether oxygens (including phenoxy) is 1. The molecule has 1 heterocycles. The van der Waals surface area contributed by atoms with E-state index in [9.17, 15) is 9.59 Å². The number of carbonyl (C=O) groups excluding carboxylic acids is 2. The Kier molecular flexibility index (Phi) is 3.83. The van der Waals surface area contributed by atoms with Gasteiger partial charge in [0, 0.05) is 22.0 Å². The molecular formula is C16H16ClNO4. The molecule has 1 amide bonds. The van der Waals surface area contributed by atoms with Crippen molar-refractivity contribution in [3.05, 3.63) is 34.5 Å². The van der Waals surface area contributed by atoms with Crippen LogP contribution >= 0.6 is 11.6 Å². The zero-order chi connectivity index (χ0) is 15.9. The van der Waals surface area contributed by atoms with Crippen molar-refractivity contribution < 1.29 is 18.7 Å². The number of hydrogen-bond donors (Lipinski definition) is 1. The van der Waals surface area contributed by atoms with Crippen molar-refractivity contribution in [2.45, 2.75) is 38.8 Å². The number of rotatable bonds is 4. The first-order chi connectivity index (χ1) is 10.5. The minimum atomic E-state index is -0.857. The van der Waals surface area contributed by atoms with Crippen LogP contribution in [-0.2, 0) is 9.53 Å². The van der Waals surface area contributed by atoms with Gasteiger partial charge < -0.3 is 14.5 Å². The number of fused-ring (bicyclic) bond motifs is 1. The van der Waals surface area contributed by atoms with Gasteiger partial charge in [0.15, 0.2) is 6.10 Å². The molecule has 1 aliphatic rings. The number of carbonyl (C=O) groups is 2. The lowest BCUT2D eigenvalue weighted by Gasteiger charge is -2.12. The minimum absolute atomic E-state index is 0.100. The third kappa shape index (κ3) is 2.95. The molecule has 1 fully saturated rings. The highest BCUT2D eigenvalue weighted by Crippen LogP contribution is 2.28. The fourth-order valence-corrected chi connectivity index (χ4v) is 2.37. The molecule has 3 rings (SSSR count). The van der Waals surface area contributed by atoms with Gasteiger partial charge in [0.1, 0.15) is 5.58 Å². The van der Waals surface area contributed by atoms with E-state index in [2.05, 4.69) is 5.32 Å². The molecule has 116 valence electrons. The maximum Gasteiger partial charge on any atom is 0.375 e. The van der Waals surface area contributed by atoms with E-state index in [1.165, 1.54) is 0 Å². The number of halogens is 1. The number of nitrogens with one attached hydrogen (secondary N) is 1. The summed E-state index contributed by atoms with van der Waals surface area (Å²) in [5.41, 5.74) is 1.21. The van der Waals surface area contributed by atoms with Gasteiger partial charge in [-0.05, 0) is 44.9 Å². The van der Waals surface area contributed by atoms with Crippen molar-refractivity contribution in [3.8, 4) is 0 Å². The Morgan fingerprint density at radius 2 is 2.14 bits per heavy atom. The topological polar surface area (TPSA) is 68.5 Å². The molecule has 0 aliphatic heterocycles. The predicted octanol–water partition coefficient (Wildman–Crippen LogP) is 3.22. The van der Waals surface area contributed by atoms with Gasteiger partial charge in [-0.3, -0.25) is 4.79 Å². The summed E-state index contributed by atoms with van der Waals surface area (Å²) in [6, 6.07) is 5.34. The normalized spacial score (nSPS) is 15.6. The van der Waals surface area contributed by atoms with Gasteiger partial charge in [0.25, 0.3) is 5.91 Å². The van der Waals surface area contributed by atoms with Gasteiger partial charge in [0.05, 0.1) is 0 Å². The van der Waals surface area contributed by atoms with Gasteiger partial charge in [0.2, 0.25) is 5.76 Å². The maximum absolute atomic E-state index is 12.2. The van der Waals surface area contributed by atoms with Gasteiger partial charge in [-0.15, -0.1) is 0 Å². The number of benzene rings is 1. The van der Waals surface area contributed by atoms with Crippen molar-refractivity contribution in [3.63, 3.8) is 0 Å². The van der Waals surface area contributed by atoms with Crippen LogP contribution in [0.1, 0.15) is 35.9 Å². The molecule has 6 heteroatoms. The van der Waals surface area contributed by atoms with Crippen molar-refractivity contribution in [1.29, 1.82) is 0 Å². The summed E-state index contributed by atoms with van der Waals surface area (Å²) in [6.45, 7) is 3.30. The molecule has 0 spiro atoms. The van der Waals surface area contributed by atoms with Crippen LogP contribution in [0.3, 0.4) is 0 Å². The minimum Gasteiger partial charge on any atom is -0.449 e. The Morgan fingerprint density at radius 3 is 2.82 bits per heavy atom. The molecule has 2 aromatic rings. The highest BCUT2D eigenvalue weighted by molar-refractivity contribution is 6.31.